The second-order valence-electron chi connectivity index (χ2n) is 7.86. The Kier molecular flexibility index (Phi) is 4.86. The highest BCUT2D eigenvalue weighted by Gasteiger charge is 2.43. The van der Waals surface area contributed by atoms with Crippen LogP contribution in [0.2, 0.25) is 0 Å². The van der Waals surface area contributed by atoms with Gasteiger partial charge in [0.05, 0.1) is 12.7 Å². The van der Waals surface area contributed by atoms with Gasteiger partial charge in [-0.15, -0.1) is 0 Å². The van der Waals surface area contributed by atoms with Gasteiger partial charge < -0.3 is 15.0 Å². The van der Waals surface area contributed by atoms with Crippen LogP contribution in [-0.4, -0.2) is 52.7 Å². The molecule has 26 heavy (non-hydrogen) atoms. The summed E-state index contributed by atoms with van der Waals surface area (Å²) in [6, 6.07) is 2.04. The predicted octanol–water partition coefficient (Wildman–Crippen LogP) is 1.96. The molecule has 2 N–H and O–H groups in total. The smallest absolute Gasteiger partial charge is 0.151 e. The molecular weight excluding hydrogens is 330 g/mol. The van der Waals surface area contributed by atoms with Crippen LogP contribution in [-0.2, 0) is 18.3 Å². The maximum absolute atomic E-state index is 6.24. The van der Waals surface area contributed by atoms with Crippen LogP contribution >= 0.6 is 0 Å². The molecule has 7 nitrogen and oxygen atoms in total. The normalized spacial score (nSPS) is 25.2. The van der Waals surface area contributed by atoms with E-state index in [1.165, 1.54) is 0 Å². The molecule has 4 rings (SSSR count). The van der Waals surface area contributed by atoms with Gasteiger partial charge in [0, 0.05) is 44.1 Å². The van der Waals surface area contributed by atoms with E-state index in [0.29, 0.717) is 5.92 Å². The fraction of sp³-hybridized carbons (Fsp3) is 0.684. The molecule has 2 aliphatic heterocycles. The number of rotatable bonds is 5. The Morgan fingerprint density at radius 2 is 2.15 bits per heavy atom. The van der Waals surface area contributed by atoms with Gasteiger partial charge in [-0.1, -0.05) is 5.16 Å². The lowest BCUT2D eigenvalue weighted by atomic mass is 9.71. The Bertz CT molecular complexity index is 749. The third-order valence-corrected chi connectivity index (χ3v) is 6.41. The van der Waals surface area contributed by atoms with Gasteiger partial charge in [-0.2, -0.15) is 5.10 Å². The fourth-order valence-electron chi connectivity index (χ4n) is 4.58. The molecule has 1 unspecified atom stereocenters. The van der Waals surface area contributed by atoms with E-state index < -0.39 is 0 Å². The first kappa shape index (κ1) is 17.7. The Morgan fingerprint density at radius 3 is 2.85 bits per heavy atom. The van der Waals surface area contributed by atoms with Crippen LogP contribution in [0, 0.1) is 18.3 Å². The molecule has 0 aromatic carbocycles. The largest absolute Gasteiger partial charge is 0.381 e. The topological polar surface area (TPSA) is 82.3 Å². The molecule has 142 valence electrons. The van der Waals surface area contributed by atoms with Gasteiger partial charge in [0.2, 0.25) is 0 Å². The van der Waals surface area contributed by atoms with E-state index in [9.17, 15) is 0 Å². The molecule has 2 aliphatic rings. The SMILES string of the molecule is Cc1c(-c2cc(CN3CCC(CN)(C4CCOCC4)C3)on2)cnn1C. The minimum absolute atomic E-state index is 0.229. The van der Waals surface area contributed by atoms with E-state index in [1.54, 1.807) is 0 Å². The maximum atomic E-state index is 6.24. The molecule has 7 heteroatoms. The maximum Gasteiger partial charge on any atom is 0.151 e. The highest BCUT2D eigenvalue weighted by Crippen LogP contribution is 2.42. The average Bonchev–Trinajstić information content (AvgIpc) is 3.37. The van der Waals surface area contributed by atoms with Gasteiger partial charge in [-0.3, -0.25) is 9.58 Å². The minimum atomic E-state index is 0.229. The Balaban J connectivity index is 1.43. The zero-order valence-electron chi connectivity index (χ0n) is 15.8. The Morgan fingerprint density at radius 1 is 1.35 bits per heavy atom. The second-order valence-corrected chi connectivity index (χ2v) is 7.86. The summed E-state index contributed by atoms with van der Waals surface area (Å²) in [6.07, 6.45) is 5.28. The summed E-state index contributed by atoms with van der Waals surface area (Å²) in [5.74, 6) is 1.58. The van der Waals surface area contributed by atoms with Crippen LogP contribution in [0.3, 0.4) is 0 Å². The molecule has 1 atom stereocenters. The molecule has 2 saturated heterocycles. The van der Waals surface area contributed by atoms with Crippen molar-refractivity contribution in [3.8, 4) is 11.3 Å². The van der Waals surface area contributed by atoms with Gasteiger partial charge in [-0.05, 0) is 50.6 Å². The number of nitrogens with two attached hydrogens (primary N) is 1. The molecule has 0 radical (unpaired) electrons. The fourth-order valence-corrected chi connectivity index (χ4v) is 4.58. The number of likely N-dealkylation sites (tertiary alicyclic amines) is 1. The van der Waals surface area contributed by atoms with Crippen molar-refractivity contribution in [1.82, 2.24) is 19.8 Å². The first-order valence-electron chi connectivity index (χ1n) is 9.56. The first-order chi connectivity index (χ1) is 12.6. The molecule has 2 fully saturated rings. The van der Waals surface area contributed by atoms with Crippen LogP contribution in [0.5, 0.6) is 0 Å². The van der Waals surface area contributed by atoms with E-state index in [-0.39, 0.29) is 5.41 Å². The highest BCUT2D eigenvalue weighted by molar-refractivity contribution is 5.60. The quantitative estimate of drug-likeness (QED) is 0.879. The average molecular weight is 359 g/mol. The standard InChI is InChI=1S/C19H29N5O2/c1-14-17(10-21-23(14)2)18-9-16(26-22-18)11-24-6-5-19(12-20,13-24)15-3-7-25-8-4-15/h9-10,15H,3-8,11-13,20H2,1-2H3. The summed E-state index contributed by atoms with van der Waals surface area (Å²) < 4.78 is 13.0. The molecule has 2 aromatic heterocycles. The van der Waals surface area contributed by atoms with Crippen molar-refractivity contribution < 1.29 is 9.26 Å². The molecule has 0 saturated carbocycles. The highest BCUT2D eigenvalue weighted by atomic mass is 16.5. The van der Waals surface area contributed by atoms with Gasteiger partial charge in [0.15, 0.2) is 5.76 Å². The van der Waals surface area contributed by atoms with Gasteiger partial charge in [-0.25, -0.2) is 0 Å². The van der Waals surface area contributed by atoms with E-state index in [0.717, 1.165) is 81.4 Å². The zero-order valence-corrected chi connectivity index (χ0v) is 15.8. The molecule has 4 heterocycles. The van der Waals surface area contributed by atoms with Crippen molar-refractivity contribution >= 4 is 0 Å². The van der Waals surface area contributed by atoms with E-state index in [4.69, 9.17) is 15.0 Å². The van der Waals surface area contributed by atoms with Crippen LogP contribution in [0.15, 0.2) is 16.8 Å². The van der Waals surface area contributed by atoms with Gasteiger partial charge in [0.25, 0.3) is 0 Å². The Labute approximate surface area is 154 Å². The number of hydrogen-bond acceptors (Lipinski definition) is 6. The van der Waals surface area contributed by atoms with Gasteiger partial charge >= 0.3 is 0 Å². The van der Waals surface area contributed by atoms with Crippen LogP contribution in [0.25, 0.3) is 11.3 Å². The first-order valence-corrected chi connectivity index (χ1v) is 9.56. The van der Waals surface area contributed by atoms with Crippen molar-refractivity contribution in [2.45, 2.75) is 32.7 Å². The molecule has 0 aliphatic carbocycles. The summed E-state index contributed by atoms with van der Waals surface area (Å²) in [5.41, 5.74) is 9.45. The monoisotopic (exact) mass is 359 g/mol. The van der Waals surface area contributed by atoms with E-state index >= 15 is 0 Å². The number of ether oxygens (including phenoxy) is 1. The lowest BCUT2D eigenvalue weighted by Gasteiger charge is -2.39. The predicted molar refractivity (Wildman–Crippen MR) is 98.4 cm³/mol. The van der Waals surface area contributed by atoms with E-state index in [1.807, 2.05) is 30.9 Å². The summed E-state index contributed by atoms with van der Waals surface area (Å²) in [7, 11) is 1.94. The minimum Gasteiger partial charge on any atom is -0.381 e. The summed E-state index contributed by atoms with van der Waals surface area (Å²) in [4.78, 5) is 2.46. The lowest BCUT2D eigenvalue weighted by Crippen LogP contribution is -2.42. The summed E-state index contributed by atoms with van der Waals surface area (Å²) in [6.45, 7) is 7.44. The molecule has 2 aromatic rings. The van der Waals surface area contributed by atoms with Crippen LogP contribution < -0.4 is 5.73 Å². The third kappa shape index (κ3) is 3.19. The van der Waals surface area contributed by atoms with Crippen molar-refractivity contribution in [1.29, 1.82) is 0 Å². The number of nitrogens with zero attached hydrogens (tertiary/aromatic N) is 4. The van der Waals surface area contributed by atoms with E-state index in [2.05, 4.69) is 15.2 Å². The third-order valence-electron chi connectivity index (χ3n) is 6.41. The summed E-state index contributed by atoms with van der Waals surface area (Å²) in [5, 5.41) is 8.54. The number of hydrogen-bond donors (Lipinski definition) is 1. The number of aromatic nitrogens is 3. The molecule has 0 bridgehead atoms. The Hall–Kier alpha value is -1.70. The zero-order chi connectivity index (χ0) is 18.1. The van der Waals surface area contributed by atoms with Gasteiger partial charge in [0.1, 0.15) is 5.69 Å². The number of aryl methyl sites for hydroxylation is 1. The molecular formula is C19H29N5O2. The van der Waals surface area contributed by atoms with Crippen molar-refractivity contribution in [3.63, 3.8) is 0 Å². The molecule has 0 spiro atoms. The summed E-state index contributed by atoms with van der Waals surface area (Å²) >= 11 is 0. The van der Waals surface area contributed by atoms with Crippen molar-refractivity contribution in [2.24, 2.45) is 24.1 Å². The second kappa shape index (κ2) is 7.13. The lowest BCUT2D eigenvalue weighted by molar-refractivity contribution is 0.0153. The van der Waals surface area contributed by atoms with Crippen molar-refractivity contribution in [3.05, 3.63) is 23.7 Å². The molecule has 0 amide bonds. The van der Waals surface area contributed by atoms with Crippen LogP contribution in [0.1, 0.15) is 30.7 Å². The van der Waals surface area contributed by atoms with Crippen LogP contribution in [0.4, 0.5) is 0 Å². The van der Waals surface area contributed by atoms with Crippen molar-refractivity contribution in [2.75, 3.05) is 32.8 Å².